The van der Waals surface area contributed by atoms with Gasteiger partial charge in [0.25, 0.3) is 0 Å². The van der Waals surface area contributed by atoms with Gasteiger partial charge in [-0.25, -0.2) is 0 Å². The van der Waals surface area contributed by atoms with Gasteiger partial charge < -0.3 is 15.5 Å². The van der Waals surface area contributed by atoms with Crippen molar-refractivity contribution in [3.8, 4) is 0 Å². The first-order chi connectivity index (χ1) is 8.97. The van der Waals surface area contributed by atoms with Crippen molar-refractivity contribution in [1.82, 2.24) is 15.5 Å². The molecule has 1 aliphatic carbocycles. The Morgan fingerprint density at radius 2 is 1.79 bits per heavy atom. The van der Waals surface area contributed by atoms with Crippen LogP contribution in [-0.2, 0) is 0 Å². The Bertz CT molecular complexity index is 276. The molecule has 2 aliphatic rings. The van der Waals surface area contributed by atoms with Gasteiger partial charge in [0, 0.05) is 19.6 Å². The maximum absolute atomic E-state index is 3.77. The lowest BCUT2D eigenvalue weighted by Gasteiger charge is -2.40. The van der Waals surface area contributed by atoms with E-state index in [1.165, 1.54) is 58.4 Å². The van der Waals surface area contributed by atoms with Crippen molar-refractivity contribution in [3.05, 3.63) is 0 Å². The minimum Gasteiger partial charge on any atom is -0.319 e. The minimum atomic E-state index is 0.441. The molecule has 1 saturated heterocycles. The number of piperidine rings is 1. The number of hydrogen-bond donors (Lipinski definition) is 2. The maximum atomic E-state index is 3.77. The molecule has 1 heterocycles. The third kappa shape index (κ3) is 4.17. The Balaban J connectivity index is 1.71. The summed E-state index contributed by atoms with van der Waals surface area (Å²) in [5, 5.41) is 7.11. The van der Waals surface area contributed by atoms with Gasteiger partial charge in [-0.1, -0.05) is 13.8 Å². The zero-order valence-electron chi connectivity index (χ0n) is 13.4. The summed E-state index contributed by atoms with van der Waals surface area (Å²) in [6, 6.07) is 0. The van der Waals surface area contributed by atoms with E-state index in [2.05, 4.69) is 43.5 Å². The van der Waals surface area contributed by atoms with Gasteiger partial charge in [0.05, 0.1) is 0 Å². The highest BCUT2D eigenvalue weighted by Gasteiger charge is 2.42. The van der Waals surface area contributed by atoms with Crippen molar-refractivity contribution < 1.29 is 0 Å². The molecule has 3 heteroatoms. The van der Waals surface area contributed by atoms with Crippen molar-refractivity contribution >= 4 is 0 Å². The number of rotatable bonds is 7. The van der Waals surface area contributed by atoms with E-state index in [4.69, 9.17) is 0 Å². The Hall–Kier alpha value is -0.120. The van der Waals surface area contributed by atoms with E-state index in [1.807, 2.05) is 0 Å². The van der Waals surface area contributed by atoms with Gasteiger partial charge in [-0.05, 0) is 69.6 Å². The highest BCUT2D eigenvalue weighted by atomic mass is 15.1. The fourth-order valence-electron chi connectivity index (χ4n) is 3.55. The second-order valence-electron chi connectivity index (χ2n) is 7.70. The van der Waals surface area contributed by atoms with Crippen LogP contribution in [0.25, 0.3) is 0 Å². The van der Waals surface area contributed by atoms with Crippen molar-refractivity contribution in [3.63, 3.8) is 0 Å². The average molecular weight is 267 g/mol. The number of hydrogen-bond acceptors (Lipinski definition) is 3. The van der Waals surface area contributed by atoms with E-state index in [0.717, 1.165) is 5.92 Å². The summed E-state index contributed by atoms with van der Waals surface area (Å²) in [6.45, 7) is 11.0. The van der Waals surface area contributed by atoms with Gasteiger partial charge in [-0.2, -0.15) is 0 Å². The molecule has 0 spiro atoms. The molecule has 2 fully saturated rings. The third-order valence-corrected chi connectivity index (χ3v) is 5.41. The first-order valence-electron chi connectivity index (χ1n) is 8.01. The molecule has 3 nitrogen and oxygen atoms in total. The van der Waals surface area contributed by atoms with Gasteiger partial charge >= 0.3 is 0 Å². The molecule has 1 aliphatic heterocycles. The summed E-state index contributed by atoms with van der Waals surface area (Å²) < 4.78 is 0. The van der Waals surface area contributed by atoms with Crippen LogP contribution in [0.5, 0.6) is 0 Å². The highest BCUT2D eigenvalue weighted by molar-refractivity contribution is 4.97. The standard InChI is InChI=1S/C16H33N3/c1-15(2,14-5-9-19(4)10-6-14)11-18-13-16(7-8-16)12-17-3/h14,17-18H,5-13H2,1-4H3. The number of likely N-dealkylation sites (tertiary alicyclic amines) is 1. The van der Waals surface area contributed by atoms with Crippen LogP contribution in [0.1, 0.15) is 39.5 Å². The minimum absolute atomic E-state index is 0.441. The summed E-state index contributed by atoms with van der Waals surface area (Å²) in [7, 11) is 4.32. The normalized spacial score (nSPS) is 24.6. The van der Waals surface area contributed by atoms with Crippen molar-refractivity contribution in [2.75, 3.05) is 46.8 Å². The van der Waals surface area contributed by atoms with Crippen molar-refractivity contribution in [1.29, 1.82) is 0 Å². The zero-order chi connectivity index (χ0) is 13.9. The van der Waals surface area contributed by atoms with Gasteiger partial charge in [-0.3, -0.25) is 0 Å². The molecule has 2 N–H and O–H groups in total. The number of nitrogens with zero attached hydrogens (tertiary/aromatic N) is 1. The van der Waals surface area contributed by atoms with E-state index < -0.39 is 0 Å². The molecule has 0 aromatic carbocycles. The molecule has 1 saturated carbocycles. The predicted molar refractivity (Wildman–Crippen MR) is 82.5 cm³/mol. The van der Waals surface area contributed by atoms with Gasteiger partial charge in [0.1, 0.15) is 0 Å². The summed E-state index contributed by atoms with van der Waals surface area (Å²) in [5.74, 6) is 0.885. The summed E-state index contributed by atoms with van der Waals surface area (Å²) in [4.78, 5) is 2.46. The first kappa shape index (κ1) is 15.3. The summed E-state index contributed by atoms with van der Waals surface area (Å²) >= 11 is 0. The monoisotopic (exact) mass is 267 g/mol. The number of nitrogens with one attached hydrogen (secondary N) is 2. The second kappa shape index (κ2) is 6.11. The molecule has 0 amide bonds. The quantitative estimate of drug-likeness (QED) is 0.738. The van der Waals surface area contributed by atoms with Crippen LogP contribution in [0.15, 0.2) is 0 Å². The van der Waals surface area contributed by atoms with Crippen LogP contribution >= 0.6 is 0 Å². The Morgan fingerprint density at radius 1 is 1.16 bits per heavy atom. The van der Waals surface area contributed by atoms with Crippen LogP contribution in [0.2, 0.25) is 0 Å². The maximum Gasteiger partial charge on any atom is 0.00202 e. The molecule has 0 aromatic heterocycles. The third-order valence-electron chi connectivity index (χ3n) is 5.41. The van der Waals surface area contributed by atoms with E-state index in [9.17, 15) is 0 Å². The van der Waals surface area contributed by atoms with E-state index >= 15 is 0 Å². The van der Waals surface area contributed by atoms with E-state index in [0.29, 0.717) is 10.8 Å². The molecular formula is C16H33N3. The molecule has 0 bridgehead atoms. The molecule has 0 aromatic rings. The van der Waals surface area contributed by atoms with Crippen LogP contribution < -0.4 is 10.6 Å². The average Bonchev–Trinajstić information content (AvgIpc) is 3.10. The zero-order valence-corrected chi connectivity index (χ0v) is 13.4. The Labute approximate surface area is 119 Å². The van der Waals surface area contributed by atoms with Crippen LogP contribution in [0.4, 0.5) is 0 Å². The SMILES string of the molecule is CNCC1(CNCC(C)(C)C2CCN(C)CC2)CC1. The summed E-state index contributed by atoms with van der Waals surface area (Å²) in [5.41, 5.74) is 1.02. The molecule has 0 unspecified atom stereocenters. The summed E-state index contributed by atoms with van der Waals surface area (Å²) in [6.07, 6.45) is 5.53. The fourth-order valence-corrected chi connectivity index (χ4v) is 3.55. The largest absolute Gasteiger partial charge is 0.319 e. The van der Waals surface area contributed by atoms with E-state index in [1.54, 1.807) is 0 Å². The molecular weight excluding hydrogens is 234 g/mol. The lowest BCUT2D eigenvalue weighted by atomic mass is 9.73. The van der Waals surface area contributed by atoms with Crippen molar-refractivity contribution in [2.24, 2.45) is 16.7 Å². The van der Waals surface area contributed by atoms with Gasteiger partial charge in [0.15, 0.2) is 0 Å². The molecule has 19 heavy (non-hydrogen) atoms. The van der Waals surface area contributed by atoms with Gasteiger partial charge in [0.2, 0.25) is 0 Å². The molecule has 0 atom stereocenters. The van der Waals surface area contributed by atoms with Crippen LogP contribution in [-0.4, -0.2) is 51.7 Å². The lowest BCUT2D eigenvalue weighted by Crippen LogP contribution is -2.43. The van der Waals surface area contributed by atoms with E-state index in [-0.39, 0.29) is 0 Å². The van der Waals surface area contributed by atoms with Gasteiger partial charge in [-0.15, -0.1) is 0 Å². The molecule has 2 rings (SSSR count). The fraction of sp³-hybridized carbons (Fsp3) is 1.00. The Kier molecular flexibility index (Phi) is 4.91. The second-order valence-corrected chi connectivity index (χ2v) is 7.70. The Morgan fingerprint density at radius 3 is 2.32 bits per heavy atom. The highest BCUT2D eigenvalue weighted by Crippen LogP contribution is 2.44. The first-order valence-corrected chi connectivity index (χ1v) is 8.01. The van der Waals surface area contributed by atoms with Crippen LogP contribution in [0.3, 0.4) is 0 Å². The molecule has 0 radical (unpaired) electrons. The molecule has 112 valence electrons. The topological polar surface area (TPSA) is 27.3 Å². The van der Waals surface area contributed by atoms with Crippen molar-refractivity contribution in [2.45, 2.75) is 39.5 Å². The van der Waals surface area contributed by atoms with Crippen LogP contribution in [0, 0.1) is 16.7 Å². The lowest BCUT2D eigenvalue weighted by molar-refractivity contribution is 0.112. The predicted octanol–water partition coefficient (Wildman–Crippen LogP) is 1.94. The smallest absolute Gasteiger partial charge is 0.00202 e.